The standard InChI is InChI=1S/C23H20O3S/c1-15-10-12-16(13-11-15)27(24,25)26-22-14-21-17-6-2-4-8-19(17)23(22)20-9-5-3-7-18(20)21/h2-13,21-23H,14H2,1H3/t21?,22-,23?/m0/s1. The maximum Gasteiger partial charge on any atom is 0.297 e. The lowest BCUT2D eigenvalue weighted by molar-refractivity contribution is 0.156. The molecule has 0 fully saturated rings. The van der Waals surface area contributed by atoms with Crippen molar-refractivity contribution in [1.29, 1.82) is 0 Å². The molecule has 6 rings (SSSR count). The predicted octanol–water partition coefficient (Wildman–Crippen LogP) is 4.75. The topological polar surface area (TPSA) is 43.4 Å². The molecule has 0 unspecified atom stereocenters. The Kier molecular flexibility index (Phi) is 3.74. The quantitative estimate of drug-likeness (QED) is 0.620. The number of rotatable bonds is 3. The number of hydrogen-bond acceptors (Lipinski definition) is 3. The molecule has 3 aromatic carbocycles. The molecule has 136 valence electrons. The van der Waals surface area contributed by atoms with E-state index < -0.39 is 10.1 Å². The molecule has 4 heteroatoms. The fourth-order valence-corrected chi connectivity index (χ4v) is 5.69. The second-order valence-corrected chi connectivity index (χ2v) is 9.00. The summed E-state index contributed by atoms with van der Waals surface area (Å²) in [7, 11) is -3.80. The molecule has 0 heterocycles. The zero-order chi connectivity index (χ0) is 18.6. The monoisotopic (exact) mass is 376 g/mol. The maximum atomic E-state index is 12.9. The Balaban J connectivity index is 1.57. The Morgan fingerprint density at radius 2 is 1.30 bits per heavy atom. The minimum absolute atomic E-state index is 0.0531. The third-order valence-electron chi connectivity index (χ3n) is 5.81. The van der Waals surface area contributed by atoms with Crippen LogP contribution in [-0.2, 0) is 14.3 Å². The van der Waals surface area contributed by atoms with Crippen LogP contribution in [0, 0.1) is 6.92 Å². The summed E-state index contributed by atoms with van der Waals surface area (Å²) in [5.74, 6) is 0.128. The molecule has 3 aliphatic rings. The number of aryl methyl sites for hydroxylation is 1. The second kappa shape index (κ2) is 6.04. The first kappa shape index (κ1) is 16.7. The van der Waals surface area contributed by atoms with Gasteiger partial charge in [-0.15, -0.1) is 0 Å². The van der Waals surface area contributed by atoms with Crippen molar-refractivity contribution in [3.8, 4) is 0 Å². The fourth-order valence-electron chi connectivity index (χ4n) is 4.60. The molecule has 0 saturated carbocycles. The molecule has 0 aliphatic heterocycles. The highest BCUT2D eigenvalue weighted by molar-refractivity contribution is 7.86. The van der Waals surface area contributed by atoms with E-state index in [0.717, 1.165) is 5.56 Å². The van der Waals surface area contributed by atoms with E-state index in [2.05, 4.69) is 36.4 Å². The third-order valence-corrected chi connectivity index (χ3v) is 7.16. The van der Waals surface area contributed by atoms with Gasteiger partial charge in [0.15, 0.2) is 0 Å². The van der Waals surface area contributed by atoms with Gasteiger partial charge >= 0.3 is 0 Å². The lowest BCUT2D eigenvalue weighted by Gasteiger charge is -2.44. The number of benzene rings is 3. The molecule has 3 aliphatic carbocycles. The molecule has 0 saturated heterocycles. The summed E-state index contributed by atoms with van der Waals surface area (Å²) in [6, 6.07) is 23.5. The highest BCUT2D eigenvalue weighted by Crippen LogP contribution is 2.53. The lowest BCUT2D eigenvalue weighted by Crippen LogP contribution is -2.38. The second-order valence-electron chi connectivity index (χ2n) is 7.43. The van der Waals surface area contributed by atoms with E-state index in [1.807, 2.05) is 19.1 Å². The minimum atomic E-state index is -3.80. The van der Waals surface area contributed by atoms with Crippen molar-refractivity contribution >= 4 is 10.1 Å². The number of fused-ring (bicyclic) bond motifs is 1. The van der Waals surface area contributed by atoms with Gasteiger partial charge in [0.25, 0.3) is 10.1 Å². The lowest BCUT2D eigenvalue weighted by atomic mass is 9.62. The normalized spacial score (nSPS) is 22.9. The Morgan fingerprint density at radius 3 is 1.85 bits per heavy atom. The van der Waals surface area contributed by atoms with Gasteiger partial charge in [-0.25, -0.2) is 0 Å². The van der Waals surface area contributed by atoms with Crippen LogP contribution in [0.5, 0.6) is 0 Å². The zero-order valence-corrected chi connectivity index (χ0v) is 15.8. The van der Waals surface area contributed by atoms with Crippen LogP contribution in [-0.4, -0.2) is 14.5 Å². The largest absolute Gasteiger partial charge is 0.297 e. The molecule has 0 amide bonds. The van der Waals surface area contributed by atoms with Gasteiger partial charge in [-0.1, -0.05) is 66.2 Å². The summed E-state index contributed by atoms with van der Waals surface area (Å²) in [4.78, 5) is 0.219. The first-order chi connectivity index (χ1) is 13.0. The van der Waals surface area contributed by atoms with E-state index in [1.54, 1.807) is 24.3 Å². The van der Waals surface area contributed by atoms with Crippen molar-refractivity contribution in [1.82, 2.24) is 0 Å². The summed E-state index contributed by atoms with van der Waals surface area (Å²) in [6.45, 7) is 1.94. The summed E-state index contributed by atoms with van der Waals surface area (Å²) in [5.41, 5.74) is 6.00. The van der Waals surface area contributed by atoms with Gasteiger partial charge in [-0.3, -0.25) is 4.18 Å². The molecule has 0 aromatic heterocycles. The smallest absolute Gasteiger partial charge is 0.262 e. The fraction of sp³-hybridized carbons (Fsp3) is 0.217. The molecule has 0 spiro atoms. The molecule has 0 N–H and O–H groups in total. The predicted molar refractivity (Wildman–Crippen MR) is 104 cm³/mol. The van der Waals surface area contributed by atoms with Gasteiger partial charge in [0.1, 0.15) is 0 Å². The number of hydrogen-bond donors (Lipinski definition) is 0. The van der Waals surface area contributed by atoms with Crippen molar-refractivity contribution in [3.05, 3.63) is 101 Å². The van der Waals surface area contributed by atoms with Crippen LogP contribution in [0.25, 0.3) is 0 Å². The molecule has 3 aromatic rings. The maximum absolute atomic E-state index is 12.9. The van der Waals surface area contributed by atoms with Crippen LogP contribution in [0.4, 0.5) is 0 Å². The van der Waals surface area contributed by atoms with Gasteiger partial charge in [-0.05, 0) is 47.7 Å². The Hall–Kier alpha value is -2.43. The van der Waals surface area contributed by atoms with Crippen molar-refractivity contribution in [2.24, 2.45) is 0 Å². The molecular weight excluding hydrogens is 356 g/mol. The third kappa shape index (κ3) is 2.63. The van der Waals surface area contributed by atoms with E-state index in [-0.39, 0.29) is 22.8 Å². The SMILES string of the molecule is Cc1ccc(S(=O)(=O)O[C@H]2CC3c4ccccc4C2c2ccccc23)cc1. The van der Waals surface area contributed by atoms with Gasteiger partial charge in [0.05, 0.1) is 11.0 Å². The van der Waals surface area contributed by atoms with Gasteiger partial charge in [0.2, 0.25) is 0 Å². The van der Waals surface area contributed by atoms with Crippen LogP contribution in [0.1, 0.15) is 46.1 Å². The zero-order valence-electron chi connectivity index (χ0n) is 15.0. The van der Waals surface area contributed by atoms with Gasteiger partial charge in [0, 0.05) is 11.8 Å². The van der Waals surface area contributed by atoms with Crippen LogP contribution < -0.4 is 0 Å². The summed E-state index contributed by atoms with van der Waals surface area (Å²) < 4.78 is 31.6. The van der Waals surface area contributed by atoms with E-state index in [1.165, 1.54) is 22.3 Å². The summed E-state index contributed by atoms with van der Waals surface area (Å²) in [6.07, 6.45) is 0.301. The van der Waals surface area contributed by atoms with E-state index >= 15 is 0 Å². The van der Waals surface area contributed by atoms with E-state index in [0.29, 0.717) is 6.42 Å². The van der Waals surface area contributed by atoms with Crippen molar-refractivity contribution < 1.29 is 12.6 Å². The van der Waals surface area contributed by atoms with E-state index in [9.17, 15) is 8.42 Å². The molecule has 3 nitrogen and oxygen atoms in total. The average Bonchev–Trinajstić information content (AvgIpc) is 2.68. The Morgan fingerprint density at radius 1 is 0.778 bits per heavy atom. The summed E-state index contributed by atoms with van der Waals surface area (Å²) >= 11 is 0. The van der Waals surface area contributed by atoms with Crippen molar-refractivity contribution in [2.45, 2.75) is 36.2 Å². The van der Waals surface area contributed by atoms with Crippen molar-refractivity contribution in [2.75, 3.05) is 0 Å². The minimum Gasteiger partial charge on any atom is -0.262 e. The Labute approximate surface area is 159 Å². The van der Waals surface area contributed by atoms with Gasteiger partial charge in [-0.2, -0.15) is 8.42 Å². The highest BCUT2D eigenvalue weighted by Gasteiger charge is 2.45. The molecule has 1 atom stereocenters. The molecule has 0 radical (unpaired) electrons. The van der Waals surface area contributed by atoms with Crippen LogP contribution in [0.15, 0.2) is 77.7 Å². The van der Waals surface area contributed by atoms with Crippen LogP contribution in [0.2, 0.25) is 0 Å². The van der Waals surface area contributed by atoms with Gasteiger partial charge < -0.3 is 0 Å². The summed E-state index contributed by atoms with van der Waals surface area (Å²) in [5, 5.41) is 0. The van der Waals surface area contributed by atoms with Crippen molar-refractivity contribution in [3.63, 3.8) is 0 Å². The molecule has 2 bridgehead atoms. The van der Waals surface area contributed by atoms with Crippen LogP contribution >= 0.6 is 0 Å². The highest BCUT2D eigenvalue weighted by atomic mass is 32.2. The van der Waals surface area contributed by atoms with E-state index in [4.69, 9.17) is 4.18 Å². The Bertz CT molecular complexity index is 1070. The average molecular weight is 376 g/mol. The molecule has 27 heavy (non-hydrogen) atoms. The first-order valence-electron chi connectivity index (χ1n) is 9.22. The first-order valence-corrected chi connectivity index (χ1v) is 10.6. The van der Waals surface area contributed by atoms with Crippen LogP contribution in [0.3, 0.4) is 0 Å². The molecular formula is C23H20O3S.